The van der Waals surface area contributed by atoms with E-state index in [1.54, 1.807) is 0 Å². The summed E-state index contributed by atoms with van der Waals surface area (Å²) in [6.45, 7) is 2.41. The van der Waals surface area contributed by atoms with Crippen molar-refractivity contribution in [2.75, 3.05) is 0 Å². The summed E-state index contributed by atoms with van der Waals surface area (Å²) < 4.78 is 8.28. The van der Waals surface area contributed by atoms with Crippen LogP contribution in [0.4, 0.5) is 0 Å². The number of rotatable bonds is 2. The molecule has 86 valence electrons. The highest BCUT2D eigenvalue weighted by Gasteiger charge is 2.06. The molecule has 0 spiro atoms. The summed E-state index contributed by atoms with van der Waals surface area (Å²) in [5.74, 6) is 1.29. The maximum Gasteiger partial charge on any atom is 0.246 e. The largest absolute Gasteiger partial charge is 0.338 e. The standard InChI is InChI=1S/C12H10BrN3O/c1-8-14-12(17-15-8)7-16-5-4-9-2-3-10(13)6-11(9)16/h2-6H,7H2,1H3. The maximum absolute atomic E-state index is 5.12. The van der Waals surface area contributed by atoms with Gasteiger partial charge in [0.1, 0.15) is 6.54 Å². The maximum atomic E-state index is 5.12. The fourth-order valence-electron chi connectivity index (χ4n) is 1.84. The Morgan fingerprint density at radius 1 is 1.35 bits per heavy atom. The van der Waals surface area contributed by atoms with Crippen LogP contribution in [0.3, 0.4) is 0 Å². The lowest BCUT2D eigenvalue weighted by atomic mass is 10.2. The lowest BCUT2D eigenvalue weighted by Gasteiger charge is -2.01. The van der Waals surface area contributed by atoms with E-state index >= 15 is 0 Å². The van der Waals surface area contributed by atoms with Gasteiger partial charge >= 0.3 is 0 Å². The Balaban J connectivity index is 2.03. The lowest BCUT2D eigenvalue weighted by Crippen LogP contribution is -1.98. The Bertz CT molecular complexity index is 671. The third-order valence-corrected chi connectivity index (χ3v) is 3.10. The molecule has 0 radical (unpaired) electrons. The molecule has 0 N–H and O–H groups in total. The van der Waals surface area contributed by atoms with E-state index in [4.69, 9.17) is 4.52 Å². The highest BCUT2D eigenvalue weighted by molar-refractivity contribution is 9.10. The Morgan fingerprint density at radius 2 is 2.24 bits per heavy atom. The summed E-state index contributed by atoms with van der Waals surface area (Å²) >= 11 is 3.48. The second-order valence-corrected chi connectivity index (χ2v) is 4.80. The molecule has 2 heterocycles. The van der Waals surface area contributed by atoms with Crippen molar-refractivity contribution < 1.29 is 4.52 Å². The third kappa shape index (κ3) is 1.98. The topological polar surface area (TPSA) is 43.9 Å². The van der Waals surface area contributed by atoms with Gasteiger partial charge in [-0.3, -0.25) is 0 Å². The van der Waals surface area contributed by atoms with Gasteiger partial charge in [0.15, 0.2) is 5.82 Å². The van der Waals surface area contributed by atoms with Gasteiger partial charge in [0.25, 0.3) is 0 Å². The van der Waals surface area contributed by atoms with Crippen LogP contribution in [-0.2, 0) is 6.54 Å². The van der Waals surface area contributed by atoms with Crippen molar-refractivity contribution in [1.82, 2.24) is 14.7 Å². The van der Waals surface area contributed by atoms with E-state index < -0.39 is 0 Å². The number of nitrogens with zero attached hydrogens (tertiary/aromatic N) is 3. The van der Waals surface area contributed by atoms with Crippen LogP contribution in [0.1, 0.15) is 11.7 Å². The average molecular weight is 292 g/mol. The molecule has 0 bridgehead atoms. The number of hydrogen-bond donors (Lipinski definition) is 0. The van der Waals surface area contributed by atoms with Crippen molar-refractivity contribution >= 4 is 26.8 Å². The molecule has 0 amide bonds. The monoisotopic (exact) mass is 291 g/mol. The fraction of sp³-hybridized carbons (Fsp3) is 0.167. The van der Waals surface area contributed by atoms with Gasteiger partial charge in [0, 0.05) is 16.2 Å². The molecule has 17 heavy (non-hydrogen) atoms. The summed E-state index contributed by atoms with van der Waals surface area (Å²) in [6, 6.07) is 8.27. The van der Waals surface area contributed by atoms with Crippen molar-refractivity contribution in [2.24, 2.45) is 0 Å². The average Bonchev–Trinajstić information content (AvgIpc) is 2.87. The SMILES string of the molecule is Cc1noc(Cn2ccc3ccc(Br)cc32)n1. The number of aryl methyl sites for hydroxylation is 1. The first-order chi connectivity index (χ1) is 8.22. The summed E-state index contributed by atoms with van der Waals surface area (Å²) in [7, 11) is 0. The van der Waals surface area contributed by atoms with Crippen LogP contribution >= 0.6 is 15.9 Å². The Morgan fingerprint density at radius 3 is 3.00 bits per heavy atom. The van der Waals surface area contributed by atoms with Crippen molar-refractivity contribution in [1.29, 1.82) is 0 Å². The Kier molecular flexibility index (Phi) is 2.48. The van der Waals surface area contributed by atoms with Crippen LogP contribution in [-0.4, -0.2) is 14.7 Å². The number of fused-ring (bicyclic) bond motifs is 1. The zero-order valence-corrected chi connectivity index (χ0v) is 10.8. The summed E-state index contributed by atoms with van der Waals surface area (Å²) in [5, 5.41) is 4.98. The van der Waals surface area contributed by atoms with Crippen LogP contribution in [0, 0.1) is 6.92 Å². The highest BCUT2D eigenvalue weighted by atomic mass is 79.9. The summed E-state index contributed by atoms with van der Waals surface area (Å²) in [4.78, 5) is 4.20. The fourth-order valence-corrected chi connectivity index (χ4v) is 2.19. The van der Waals surface area contributed by atoms with Gasteiger partial charge in [0.05, 0.1) is 0 Å². The molecular weight excluding hydrogens is 282 g/mol. The summed E-state index contributed by atoms with van der Waals surface area (Å²) in [6.07, 6.45) is 2.02. The second-order valence-electron chi connectivity index (χ2n) is 3.88. The molecule has 0 atom stereocenters. The minimum Gasteiger partial charge on any atom is -0.338 e. The van der Waals surface area contributed by atoms with Gasteiger partial charge in [-0.05, 0) is 30.5 Å². The first-order valence-corrected chi connectivity index (χ1v) is 6.05. The zero-order valence-electron chi connectivity index (χ0n) is 9.22. The quantitative estimate of drug-likeness (QED) is 0.728. The highest BCUT2D eigenvalue weighted by Crippen LogP contribution is 2.21. The van der Waals surface area contributed by atoms with Crippen LogP contribution in [0.2, 0.25) is 0 Å². The Hall–Kier alpha value is -1.62. The molecule has 0 saturated carbocycles. The molecule has 0 unspecified atom stereocenters. The van der Waals surface area contributed by atoms with Gasteiger partial charge in [-0.1, -0.05) is 27.2 Å². The van der Waals surface area contributed by atoms with E-state index in [9.17, 15) is 0 Å². The molecule has 5 heteroatoms. The van der Waals surface area contributed by atoms with Gasteiger partial charge in [-0.2, -0.15) is 4.98 Å². The minimum atomic E-state index is 0.598. The molecular formula is C12H10BrN3O. The third-order valence-electron chi connectivity index (χ3n) is 2.61. The molecule has 3 rings (SSSR count). The normalized spacial score (nSPS) is 11.2. The van der Waals surface area contributed by atoms with Crippen molar-refractivity contribution in [3.63, 3.8) is 0 Å². The van der Waals surface area contributed by atoms with Gasteiger partial charge in [-0.15, -0.1) is 0 Å². The van der Waals surface area contributed by atoms with E-state index in [-0.39, 0.29) is 0 Å². The van der Waals surface area contributed by atoms with Crippen LogP contribution in [0.25, 0.3) is 10.9 Å². The van der Waals surface area contributed by atoms with Crippen molar-refractivity contribution in [3.05, 3.63) is 46.7 Å². The van der Waals surface area contributed by atoms with Crippen molar-refractivity contribution in [3.8, 4) is 0 Å². The van der Waals surface area contributed by atoms with Crippen LogP contribution in [0.5, 0.6) is 0 Å². The molecule has 0 aliphatic carbocycles. The van der Waals surface area contributed by atoms with E-state index in [2.05, 4.69) is 48.8 Å². The number of halogens is 1. The van der Waals surface area contributed by atoms with E-state index in [0.29, 0.717) is 18.3 Å². The smallest absolute Gasteiger partial charge is 0.246 e. The molecule has 0 saturated heterocycles. The van der Waals surface area contributed by atoms with E-state index in [1.165, 1.54) is 5.39 Å². The van der Waals surface area contributed by atoms with E-state index in [0.717, 1.165) is 9.99 Å². The van der Waals surface area contributed by atoms with Gasteiger partial charge in [0.2, 0.25) is 5.89 Å². The minimum absolute atomic E-state index is 0.598. The predicted molar refractivity (Wildman–Crippen MR) is 67.8 cm³/mol. The molecule has 3 aromatic rings. The Labute approximate surface area is 106 Å². The van der Waals surface area contributed by atoms with E-state index in [1.807, 2.05) is 19.2 Å². The zero-order chi connectivity index (χ0) is 11.8. The lowest BCUT2D eigenvalue weighted by molar-refractivity contribution is 0.369. The predicted octanol–water partition coefficient (Wildman–Crippen LogP) is 3.14. The molecule has 0 aliphatic heterocycles. The number of hydrogen-bond acceptors (Lipinski definition) is 3. The first kappa shape index (κ1) is 10.5. The summed E-state index contributed by atoms with van der Waals surface area (Å²) in [5.41, 5.74) is 1.15. The first-order valence-electron chi connectivity index (χ1n) is 5.26. The molecule has 2 aromatic heterocycles. The molecule has 0 aliphatic rings. The van der Waals surface area contributed by atoms with Gasteiger partial charge < -0.3 is 9.09 Å². The number of aromatic nitrogens is 3. The van der Waals surface area contributed by atoms with Crippen molar-refractivity contribution in [2.45, 2.75) is 13.5 Å². The number of benzene rings is 1. The van der Waals surface area contributed by atoms with Crippen LogP contribution in [0.15, 0.2) is 39.5 Å². The molecule has 1 aromatic carbocycles. The van der Waals surface area contributed by atoms with Gasteiger partial charge in [-0.25, -0.2) is 0 Å². The van der Waals surface area contributed by atoms with Crippen LogP contribution < -0.4 is 0 Å². The molecule has 0 fully saturated rings. The second kappa shape index (κ2) is 4.00. The molecule has 4 nitrogen and oxygen atoms in total.